The molecule has 0 amide bonds. The van der Waals surface area contributed by atoms with Crippen LogP contribution in [0.2, 0.25) is 0 Å². The molecule has 2 aromatic rings. The van der Waals surface area contributed by atoms with Gasteiger partial charge in [0.15, 0.2) is 0 Å². The van der Waals surface area contributed by atoms with Gasteiger partial charge in [0.25, 0.3) is 0 Å². The molecule has 0 saturated carbocycles. The zero-order valence-corrected chi connectivity index (χ0v) is 10.7. The monoisotopic (exact) mass is 328 g/mol. The first-order valence-electron chi connectivity index (χ1n) is 4.16. The van der Waals surface area contributed by atoms with Crippen LogP contribution in [0.4, 0.5) is 0 Å². The summed E-state index contributed by atoms with van der Waals surface area (Å²) in [7, 11) is 0. The predicted molar refractivity (Wildman–Crippen MR) is 63.9 cm³/mol. The van der Waals surface area contributed by atoms with Gasteiger partial charge in [-0.3, -0.25) is 0 Å². The Morgan fingerprint density at radius 2 is 1.80 bits per heavy atom. The lowest BCUT2D eigenvalue weighted by Crippen LogP contribution is -1.89. The summed E-state index contributed by atoms with van der Waals surface area (Å²) in [6, 6.07) is 9.18. The number of hydrogen-bond acceptors (Lipinski definition) is 3. The Balaban J connectivity index is 2.25. The number of aromatic nitrogens is 2. The van der Waals surface area contributed by atoms with E-state index in [4.69, 9.17) is 4.74 Å². The molecule has 1 aromatic heterocycles. The normalized spacial score (nSPS) is 10.0. The van der Waals surface area contributed by atoms with Crippen LogP contribution in [0.5, 0.6) is 11.6 Å². The van der Waals surface area contributed by atoms with Crippen LogP contribution >= 0.6 is 31.9 Å². The lowest BCUT2D eigenvalue weighted by molar-refractivity contribution is 0.454. The van der Waals surface area contributed by atoms with Crippen molar-refractivity contribution in [2.45, 2.75) is 0 Å². The molecule has 5 heteroatoms. The van der Waals surface area contributed by atoms with Crippen LogP contribution < -0.4 is 4.74 Å². The molecule has 0 aliphatic carbocycles. The minimum absolute atomic E-state index is 0.475. The molecule has 0 bridgehead atoms. The third kappa shape index (κ3) is 3.00. The van der Waals surface area contributed by atoms with Crippen LogP contribution in [0.1, 0.15) is 0 Å². The number of halogens is 2. The van der Waals surface area contributed by atoms with Crippen molar-refractivity contribution >= 4 is 31.9 Å². The summed E-state index contributed by atoms with van der Waals surface area (Å²) in [5.74, 6) is 1.18. The number of rotatable bonds is 2. The lowest BCUT2D eigenvalue weighted by atomic mass is 10.3. The van der Waals surface area contributed by atoms with Gasteiger partial charge in [0.2, 0.25) is 5.88 Å². The average molecular weight is 330 g/mol. The maximum Gasteiger partial charge on any atom is 0.238 e. The summed E-state index contributed by atoms with van der Waals surface area (Å²) < 4.78 is 7.39. The van der Waals surface area contributed by atoms with E-state index in [1.807, 2.05) is 18.2 Å². The summed E-state index contributed by atoms with van der Waals surface area (Å²) in [5.41, 5.74) is 0. The van der Waals surface area contributed by atoms with Crippen LogP contribution in [0.15, 0.2) is 45.5 Å². The molecule has 0 spiro atoms. The summed E-state index contributed by atoms with van der Waals surface area (Å²) >= 11 is 6.76. The molecular weight excluding hydrogens is 324 g/mol. The van der Waals surface area contributed by atoms with Crippen molar-refractivity contribution < 1.29 is 4.74 Å². The molecule has 0 radical (unpaired) electrons. The molecular formula is C10H6Br2N2O. The van der Waals surface area contributed by atoms with Gasteiger partial charge in [0.1, 0.15) is 5.75 Å². The summed E-state index contributed by atoms with van der Waals surface area (Å²) in [6.07, 6.45) is 1.60. The van der Waals surface area contributed by atoms with Crippen molar-refractivity contribution in [3.63, 3.8) is 0 Å². The Kier molecular flexibility index (Phi) is 3.33. The summed E-state index contributed by atoms with van der Waals surface area (Å²) in [5, 5.41) is 7.56. The van der Waals surface area contributed by atoms with Gasteiger partial charge < -0.3 is 4.74 Å². The highest BCUT2D eigenvalue weighted by Gasteiger charge is 2.01. The average Bonchev–Trinajstić information content (AvgIpc) is 2.17. The minimum atomic E-state index is 0.475. The van der Waals surface area contributed by atoms with Crippen molar-refractivity contribution in [2.24, 2.45) is 0 Å². The van der Waals surface area contributed by atoms with Gasteiger partial charge in [-0.25, -0.2) is 0 Å². The van der Waals surface area contributed by atoms with E-state index < -0.39 is 0 Å². The molecule has 0 saturated heterocycles. The lowest BCUT2D eigenvalue weighted by Gasteiger charge is -2.04. The van der Waals surface area contributed by atoms with Crippen LogP contribution in [-0.2, 0) is 0 Å². The Hall–Kier alpha value is -0.940. The van der Waals surface area contributed by atoms with Gasteiger partial charge in [0, 0.05) is 21.2 Å². The van der Waals surface area contributed by atoms with E-state index in [1.54, 1.807) is 18.3 Å². The van der Waals surface area contributed by atoms with Gasteiger partial charge in [-0.2, -0.15) is 5.10 Å². The number of nitrogens with zero attached hydrogens (tertiary/aromatic N) is 2. The van der Waals surface area contributed by atoms with Gasteiger partial charge in [-0.1, -0.05) is 31.9 Å². The molecule has 0 N–H and O–H groups in total. The number of benzene rings is 1. The van der Waals surface area contributed by atoms with Crippen molar-refractivity contribution in [3.05, 3.63) is 45.5 Å². The number of ether oxygens (including phenoxy) is 1. The van der Waals surface area contributed by atoms with E-state index in [2.05, 4.69) is 42.1 Å². The molecule has 1 heterocycles. The van der Waals surface area contributed by atoms with Crippen LogP contribution in [0.3, 0.4) is 0 Å². The van der Waals surface area contributed by atoms with Gasteiger partial charge in [-0.05, 0) is 24.3 Å². The minimum Gasteiger partial charge on any atom is -0.437 e. The Morgan fingerprint density at radius 3 is 2.40 bits per heavy atom. The smallest absolute Gasteiger partial charge is 0.238 e. The van der Waals surface area contributed by atoms with E-state index in [0.717, 1.165) is 8.95 Å². The largest absolute Gasteiger partial charge is 0.437 e. The Morgan fingerprint density at radius 1 is 1.07 bits per heavy atom. The maximum absolute atomic E-state index is 5.51. The molecule has 3 nitrogen and oxygen atoms in total. The quantitative estimate of drug-likeness (QED) is 0.840. The number of hydrogen-bond donors (Lipinski definition) is 0. The zero-order valence-electron chi connectivity index (χ0n) is 7.52. The SMILES string of the molecule is Brc1cc(Br)cc(Oc2cccnn2)c1. The fourth-order valence-corrected chi connectivity index (χ4v) is 2.30. The second-order valence-corrected chi connectivity index (χ2v) is 4.60. The molecule has 0 unspecified atom stereocenters. The van der Waals surface area contributed by atoms with Gasteiger partial charge >= 0.3 is 0 Å². The molecule has 0 atom stereocenters. The Bertz CT molecular complexity index is 442. The highest BCUT2D eigenvalue weighted by Crippen LogP contribution is 2.27. The van der Waals surface area contributed by atoms with Gasteiger partial charge in [0.05, 0.1) is 0 Å². The van der Waals surface area contributed by atoms with Gasteiger partial charge in [-0.15, -0.1) is 5.10 Å². The van der Waals surface area contributed by atoms with Crippen LogP contribution in [0.25, 0.3) is 0 Å². The Labute approximate surface area is 104 Å². The molecule has 76 valence electrons. The van der Waals surface area contributed by atoms with E-state index in [9.17, 15) is 0 Å². The fourth-order valence-electron chi connectivity index (χ4n) is 1.05. The van der Waals surface area contributed by atoms with Crippen molar-refractivity contribution in [2.75, 3.05) is 0 Å². The topological polar surface area (TPSA) is 35.0 Å². The third-order valence-electron chi connectivity index (χ3n) is 1.61. The maximum atomic E-state index is 5.51. The summed E-state index contributed by atoms with van der Waals surface area (Å²) in [4.78, 5) is 0. The van der Waals surface area contributed by atoms with E-state index >= 15 is 0 Å². The van der Waals surface area contributed by atoms with E-state index in [1.165, 1.54) is 0 Å². The van der Waals surface area contributed by atoms with Crippen LogP contribution in [0, 0.1) is 0 Å². The molecule has 0 aliphatic heterocycles. The second-order valence-electron chi connectivity index (χ2n) is 2.77. The predicted octanol–water partition coefficient (Wildman–Crippen LogP) is 3.79. The van der Waals surface area contributed by atoms with Crippen molar-refractivity contribution in [1.29, 1.82) is 0 Å². The van der Waals surface area contributed by atoms with Crippen molar-refractivity contribution in [1.82, 2.24) is 10.2 Å². The third-order valence-corrected chi connectivity index (χ3v) is 2.52. The summed E-state index contributed by atoms with van der Waals surface area (Å²) in [6.45, 7) is 0. The second kappa shape index (κ2) is 4.72. The first kappa shape index (κ1) is 10.6. The molecule has 15 heavy (non-hydrogen) atoms. The first-order valence-corrected chi connectivity index (χ1v) is 5.74. The van der Waals surface area contributed by atoms with Crippen LogP contribution in [-0.4, -0.2) is 10.2 Å². The van der Waals surface area contributed by atoms with E-state index in [-0.39, 0.29) is 0 Å². The first-order chi connectivity index (χ1) is 7.24. The van der Waals surface area contributed by atoms with E-state index in [0.29, 0.717) is 11.6 Å². The fraction of sp³-hybridized carbons (Fsp3) is 0. The highest BCUT2D eigenvalue weighted by atomic mass is 79.9. The van der Waals surface area contributed by atoms with Crippen molar-refractivity contribution in [3.8, 4) is 11.6 Å². The molecule has 2 rings (SSSR count). The highest BCUT2D eigenvalue weighted by molar-refractivity contribution is 9.11. The molecule has 1 aromatic carbocycles. The standard InChI is InChI=1S/C10H6Br2N2O/c11-7-4-8(12)6-9(5-7)15-10-2-1-3-13-14-10/h1-6H. The molecule has 0 aliphatic rings. The molecule has 0 fully saturated rings. The zero-order chi connectivity index (χ0) is 10.7.